The average Bonchev–Trinajstić information content (AvgIpc) is 3.26. The molecular weight excluding hydrogens is 470 g/mol. The fraction of sp³-hybridized carbons (Fsp3) is 0.276. The van der Waals surface area contributed by atoms with E-state index in [0.29, 0.717) is 0 Å². The molecule has 182 valence electrons. The number of carbonyl (C=O) groups is 1. The number of cyclic esters (lactones) is 1. The quantitative estimate of drug-likeness (QED) is 0.329. The van der Waals surface area contributed by atoms with Gasteiger partial charge in [0.25, 0.3) is 0 Å². The van der Waals surface area contributed by atoms with Crippen molar-refractivity contribution in [3.63, 3.8) is 0 Å². The third-order valence-corrected chi connectivity index (χ3v) is 8.88. The number of benzene rings is 3. The zero-order valence-electron chi connectivity index (χ0n) is 20.1. The summed E-state index contributed by atoms with van der Waals surface area (Å²) in [6.07, 6.45) is 6.24. The molecule has 1 atom stereocenters. The van der Waals surface area contributed by atoms with Gasteiger partial charge in [-0.2, -0.15) is 0 Å². The maximum atomic E-state index is 12.8. The van der Waals surface area contributed by atoms with Gasteiger partial charge >= 0.3 is 6.09 Å². The van der Waals surface area contributed by atoms with Crippen LogP contribution in [0.4, 0.5) is 16.2 Å². The number of methoxy groups -OCH3 is 1. The highest BCUT2D eigenvalue weighted by molar-refractivity contribution is 7.25. The van der Waals surface area contributed by atoms with Crippen molar-refractivity contribution in [2.45, 2.75) is 31.7 Å². The summed E-state index contributed by atoms with van der Waals surface area (Å²) in [4.78, 5) is 19.5. The molecule has 1 amide bonds. The van der Waals surface area contributed by atoms with E-state index in [-0.39, 0.29) is 24.9 Å². The molecule has 6 nitrogen and oxygen atoms in total. The Morgan fingerprint density at radius 2 is 1.81 bits per heavy atom. The Labute approximate surface area is 213 Å². The normalized spacial score (nSPS) is 20.5. The second kappa shape index (κ2) is 8.54. The van der Waals surface area contributed by atoms with E-state index in [4.69, 9.17) is 9.47 Å². The first-order valence-electron chi connectivity index (χ1n) is 12.4. The van der Waals surface area contributed by atoms with Gasteiger partial charge in [0, 0.05) is 51.2 Å². The van der Waals surface area contributed by atoms with E-state index in [1.54, 1.807) is 7.11 Å². The molecule has 1 fully saturated rings. The van der Waals surface area contributed by atoms with Crippen molar-refractivity contribution < 1.29 is 14.3 Å². The molecule has 4 aromatic rings. The summed E-state index contributed by atoms with van der Waals surface area (Å²) in [5, 5.41) is 2.65. The van der Waals surface area contributed by atoms with Crippen LogP contribution in [0.15, 0.2) is 72.9 Å². The number of anilines is 2. The molecule has 1 unspecified atom stereocenters. The van der Waals surface area contributed by atoms with Gasteiger partial charge < -0.3 is 14.4 Å². The number of piperidine rings is 1. The maximum absolute atomic E-state index is 12.8. The summed E-state index contributed by atoms with van der Waals surface area (Å²) in [6, 6.07) is 21.4. The number of ether oxygens (including phenoxy) is 2. The molecule has 7 rings (SSSR count). The van der Waals surface area contributed by atoms with Crippen molar-refractivity contribution in [1.29, 1.82) is 0 Å². The van der Waals surface area contributed by atoms with Crippen LogP contribution < -0.4 is 14.5 Å². The van der Waals surface area contributed by atoms with E-state index in [2.05, 4.69) is 64.5 Å². The van der Waals surface area contributed by atoms with E-state index in [9.17, 15) is 4.79 Å². The first-order chi connectivity index (χ1) is 17.7. The van der Waals surface area contributed by atoms with Crippen LogP contribution in [0.2, 0.25) is 0 Å². The Morgan fingerprint density at radius 3 is 2.61 bits per heavy atom. The van der Waals surface area contributed by atoms with Gasteiger partial charge in [-0.15, -0.1) is 11.3 Å². The largest absolute Gasteiger partial charge is 0.496 e. The van der Waals surface area contributed by atoms with Crippen LogP contribution >= 0.6 is 11.3 Å². The van der Waals surface area contributed by atoms with Crippen molar-refractivity contribution in [1.82, 2.24) is 4.90 Å². The number of rotatable bonds is 4. The lowest BCUT2D eigenvalue weighted by Gasteiger charge is -2.47. The Morgan fingerprint density at radius 1 is 0.972 bits per heavy atom. The second-order valence-corrected chi connectivity index (χ2v) is 10.7. The Balaban J connectivity index is 1.09. The van der Waals surface area contributed by atoms with Crippen LogP contribution in [-0.4, -0.2) is 43.4 Å². The number of likely N-dealkylation sites (tertiary alicyclic amines) is 1. The highest BCUT2D eigenvalue weighted by Gasteiger charge is 2.38. The lowest BCUT2D eigenvalue weighted by molar-refractivity contribution is 0.126. The molecule has 1 aromatic heterocycles. The van der Waals surface area contributed by atoms with Crippen molar-refractivity contribution >= 4 is 49.0 Å². The third kappa shape index (κ3) is 3.38. The SMILES string of the molecule is COc1cccc2c1COC(=O)N2C1CCN(C2C=CN2c2ccc3sc4ccccc4c3c2)CC1. The smallest absolute Gasteiger partial charge is 0.414 e. The van der Waals surface area contributed by atoms with Crippen LogP contribution in [0.25, 0.3) is 20.2 Å². The molecule has 0 radical (unpaired) electrons. The first kappa shape index (κ1) is 21.7. The minimum Gasteiger partial charge on any atom is -0.496 e. The summed E-state index contributed by atoms with van der Waals surface area (Å²) in [7, 11) is 1.66. The molecule has 3 aliphatic rings. The molecule has 36 heavy (non-hydrogen) atoms. The van der Waals surface area contributed by atoms with Crippen molar-refractivity contribution in [2.24, 2.45) is 0 Å². The molecular formula is C29H27N3O3S. The molecule has 0 aliphatic carbocycles. The number of fused-ring (bicyclic) bond motifs is 4. The zero-order valence-corrected chi connectivity index (χ0v) is 20.9. The number of carbonyl (C=O) groups excluding carboxylic acids is 1. The van der Waals surface area contributed by atoms with Crippen molar-refractivity contribution in [3.05, 3.63) is 78.5 Å². The first-order valence-corrected chi connectivity index (χ1v) is 13.3. The number of thiophene rings is 1. The van der Waals surface area contributed by atoms with Gasteiger partial charge in [0.2, 0.25) is 0 Å². The summed E-state index contributed by atoms with van der Waals surface area (Å²) < 4.78 is 13.7. The van der Waals surface area contributed by atoms with Crippen LogP contribution in [0.3, 0.4) is 0 Å². The van der Waals surface area contributed by atoms with Crippen LogP contribution in [-0.2, 0) is 11.3 Å². The van der Waals surface area contributed by atoms with E-state index < -0.39 is 0 Å². The second-order valence-electron chi connectivity index (χ2n) is 9.59. The van der Waals surface area contributed by atoms with E-state index >= 15 is 0 Å². The Hall–Kier alpha value is -3.55. The van der Waals surface area contributed by atoms with Gasteiger partial charge in [0.15, 0.2) is 0 Å². The van der Waals surface area contributed by atoms with Gasteiger partial charge in [0.1, 0.15) is 18.5 Å². The van der Waals surface area contributed by atoms with E-state index in [1.807, 2.05) is 34.4 Å². The minimum absolute atomic E-state index is 0.117. The summed E-state index contributed by atoms with van der Waals surface area (Å²) in [5.41, 5.74) is 3.10. The molecule has 1 saturated heterocycles. The van der Waals surface area contributed by atoms with Gasteiger partial charge in [-0.05, 0) is 55.3 Å². The molecule has 0 spiro atoms. The average molecular weight is 498 g/mol. The lowest BCUT2D eigenvalue weighted by Crippen LogP contribution is -2.56. The lowest BCUT2D eigenvalue weighted by atomic mass is 9.99. The predicted octanol–water partition coefficient (Wildman–Crippen LogP) is 6.34. The van der Waals surface area contributed by atoms with Crippen molar-refractivity contribution in [2.75, 3.05) is 30.0 Å². The summed E-state index contributed by atoms with van der Waals surface area (Å²) in [6.45, 7) is 2.10. The highest BCUT2D eigenvalue weighted by atomic mass is 32.1. The van der Waals surface area contributed by atoms with E-state index in [0.717, 1.165) is 42.9 Å². The topological polar surface area (TPSA) is 45.3 Å². The van der Waals surface area contributed by atoms with Crippen LogP contribution in [0, 0.1) is 0 Å². The van der Waals surface area contributed by atoms with Gasteiger partial charge in [-0.1, -0.05) is 24.3 Å². The molecule has 0 saturated carbocycles. The number of amides is 1. The predicted molar refractivity (Wildman–Crippen MR) is 145 cm³/mol. The van der Waals surface area contributed by atoms with Gasteiger partial charge in [-0.3, -0.25) is 9.80 Å². The fourth-order valence-electron chi connectivity index (χ4n) is 5.83. The minimum atomic E-state index is -0.254. The Kier molecular flexibility index (Phi) is 5.15. The number of hydrogen-bond donors (Lipinski definition) is 0. The standard InChI is InChI=1S/C29H27N3O3S/c1-34-25-7-4-6-24-23(25)18-35-29(33)32(24)19-11-14-30(15-12-19)28-13-16-31(28)20-9-10-27-22(17-20)21-5-2-3-8-26(21)36-27/h2-10,13,16-17,19,28H,11-12,14-15,18H2,1H3. The fourth-order valence-corrected chi connectivity index (χ4v) is 6.92. The number of hydrogen-bond acceptors (Lipinski definition) is 6. The molecule has 3 aliphatic heterocycles. The highest BCUT2D eigenvalue weighted by Crippen LogP contribution is 2.39. The summed E-state index contributed by atoms with van der Waals surface area (Å²) in [5.74, 6) is 0.771. The molecule has 0 N–H and O–H groups in total. The molecule has 3 aromatic carbocycles. The van der Waals surface area contributed by atoms with Crippen LogP contribution in [0.5, 0.6) is 5.75 Å². The van der Waals surface area contributed by atoms with Crippen LogP contribution in [0.1, 0.15) is 18.4 Å². The molecule has 4 heterocycles. The van der Waals surface area contributed by atoms with Gasteiger partial charge in [-0.25, -0.2) is 4.79 Å². The molecule has 0 bridgehead atoms. The zero-order chi connectivity index (χ0) is 24.2. The maximum Gasteiger partial charge on any atom is 0.414 e. The van der Waals surface area contributed by atoms with Gasteiger partial charge in [0.05, 0.1) is 18.4 Å². The summed E-state index contributed by atoms with van der Waals surface area (Å²) >= 11 is 1.85. The Bertz CT molecular complexity index is 1500. The number of nitrogens with zero attached hydrogens (tertiary/aromatic N) is 3. The third-order valence-electron chi connectivity index (χ3n) is 7.73. The molecule has 7 heteroatoms. The van der Waals surface area contributed by atoms with E-state index in [1.165, 1.54) is 25.9 Å². The van der Waals surface area contributed by atoms with Crippen molar-refractivity contribution in [3.8, 4) is 5.75 Å². The monoisotopic (exact) mass is 497 g/mol.